The first kappa shape index (κ1) is 14.9. The number of amides is 1. The van der Waals surface area contributed by atoms with Crippen molar-refractivity contribution in [3.8, 4) is 0 Å². The average Bonchev–Trinajstić information content (AvgIpc) is 2.71. The van der Waals surface area contributed by atoms with Gasteiger partial charge in [-0.2, -0.15) is 5.10 Å². The molecule has 0 saturated heterocycles. The van der Waals surface area contributed by atoms with Crippen LogP contribution in [-0.2, 0) is 16.6 Å². The van der Waals surface area contributed by atoms with E-state index in [1.54, 1.807) is 17.8 Å². The first-order valence-electron chi connectivity index (χ1n) is 6.46. The second kappa shape index (κ2) is 5.88. The highest BCUT2D eigenvalue weighted by molar-refractivity contribution is 5.96. The van der Waals surface area contributed by atoms with Gasteiger partial charge in [-0.1, -0.05) is 0 Å². The Labute approximate surface area is 121 Å². The number of nitrogens with one attached hydrogen (secondary N) is 1. The van der Waals surface area contributed by atoms with Crippen LogP contribution in [0.15, 0.2) is 12.3 Å². The van der Waals surface area contributed by atoms with Crippen molar-refractivity contribution in [3.05, 3.63) is 18.0 Å². The molecule has 1 unspecified atom stereocenters. The van der Waals surface area contributed by atoms with Crippen LogP contribution < -0.4 is 11.1 Å². The predicted molar refractivity (Wildman–Crippen MR) is 76.7 cm³/mol. The van der Waals surface area contributed by atoms with Crippen LogP contribution in [0.2, 0.25) is 0 Å². The van der Waals surface area contributed by atoms with Gasteiger partial charge in [0.25, 0.3) is 0 Å². The van der Waals surface area contributed by atoms with Crippen molar-refractivity contribution >= 4 is 28.6 Å². The van der Waals surface area contributed by atoms with Gasteiger partial charge in [0.1, 0.15) is 0 Å². The Morgan fingerprint density at radius 3 is 2.90 bits per heavy atom. The number of aromatic nitrogens is 3. The fraction of sp³-hybridized carbons (Fsp3) is 0.385. The smallest absolute Gasteiger partial charge is 0.303 e. The number of carboxylic acid groups (broad SMARTS) is 1. The molecule has 1 atom stereocenters. The lowest BCUT2D eigenvalue weighted by molar-refractivity contribution is -0.137. The Bertz CT molecular complexity index is 694. The molecule has 0 radical (unpaired) electrons. The van der Waals surface area contributed by atoms with E-state index < -0.39 is 17.9 Å². The van der Waals surface area contributed by atoms with Crippen LogP contribution in [-0.4, -0.2) is 37.8 Å². The van der Waals surface area contributed by atoms with Gasteiger partial charge in [0.05, 0.1) is 23.6 Å². The number of rotatable bonds is 5. The van der Waals surface area contributed by atoms with Crippen LogP contribution >= 0.6 is 0 Å². The second-order valence-corrected chi connectivity index (χ2v) is 4.83. The van der Waals surface area contributed by atoms with Crippen LogP contribution in [0.5, 0.6) is 0 Å². The quantitative estimate of drug-likeness (QED) is 0.733. The molecule has 8 heteroatoms. The molecule has 0 bridgehead atoms. The van der Waals surface area contributed by atoms with E-state index in [9.17, 15) is 9.59 Å². The van der Waals surface area contributed by atoms with Crippen molar-refractivity contribution in [2.24, 2.45) is 12.8 Å². The predicted octanol–water partition coefficient (Wildman–Crippen LogP) is 0.407. The van der Waals surface area contributed by atoms with E-state index in [1.165, 1.54) is 6.20 Å². The molecule has 112 valence electrons. The van der Waals surface area contributed by atoms with Crippen LogP contribution in [0.1, 0.15) is 18.5 Å². The van der Waals surface area contributed by atoms with Crippen molar-refractivity contribution in [2.45, 2.75) is 25.8 Å². The SMILES string of the molecule is Cc1nn(C)c2ncc(NC(=O)C(N)CCC(=O)O)cc12. The third kappa shape index (κ3) is 3.34. The maximum Gasteiger partial charge on any atom is 0.303 e. The Hall–Kier alpha value is -2.48. The van der Waals surface area contributed by atoms with E-state index in [1.807, 2.05) is 6.92 Å². The summed E-state index contributed by atoms with van der Waals surface area (Å²) in [7, 11) is 1.79. The third-order valence-corrected chi connectivity index (χ3v) is 3.14. The van der Waals surface area contributed by atoms with Crippen LogP contribution in [0.4, 0.5) is 5.69 Å². The second-order valence-electron chi connectivity index (χ2n) is 4.83. The summed E-state index contributed by atoms with van der Waals surface area (Å²) in [5.41, 5.74) is 7.69. The molecule has 0 spiro atoms. The number of nitrogens with two attached hydrogens (primary N) is 1. The third-order valence-electron chi connectivity index (χ3n) is 3.14. The van der Waals surface area contributed by atoms with Gasteiger partial charge in [0, 0.05) is 18.9 Å². The van der Waals surface area contributed by atoms with Gasteiger partial charge >= 0.3 is 5.97 Å². The van der Waals surface area contributed by atoms with Crippen LogP contribution in [0.25, 0.3) is 11.0 Å². The fourth-order valence-corrected chi connectivity index (χ4v) is 2.02. The Kier molecular flexibility index (Phi) is 4.18. The molecule has 2 heterocycles. The zero-order valence-corrected chi connectivity index (χ0v) is 11.8. The van der Waals surface area contributed by atoms with Gasteiger partial charge in [0.2, 0.25) is 5.91 Å². The van der Waals surface area contributed by atoms with Crippen molar-refractivity contribution in [2.75, 3.05) is 5.32 Å². The van der Waals surface area contributed by atoms with E-state index >= 15 is 0 Å². The van der Waals surface area contributed by atoms with Gasteiger partial charge in [-0.15, -0.1) is 0 Å². The first-order valence-corrected chi connectivity index (χ1v) is 6.46. The van der Waals surface area contributed by atoms with Gasteiger partial charge in [-0.25, -0.2) is 4.98 Å². The van der Waals surface area contributed by atoms with E-state index in [0.29, 0.717) is 5.69 Å². The summed E-state index contributed by atoms with van der Waals surface area (Å²) in [6.07, 6.45) is 1.46. The van der Waals surface area contributed by atoms with Gasteiger partial charge < -0.3 is 16.2 Å². The van der Waals surface area contributed by atoms with E-state index in [2.05, 4.69) is 15.4 Å². The topological polar surface area (TPSA) is 123 Å². The number of pyridine rings is 1. The molecule has 8 nitrogen and oxygen atoms in total. The van der Waals surface area contributed by atoms with E-state index in [4.69, 9.17) is 10.8 Å². The maximum atomic E-state index is 11.9. The molecule has 0 aliphatic heterocycles. The van der Waals surface area contributed by atoms with Crippen molar-refractivity contribution in [3.63, 3.8) is 0 Å². The number of fused-ring (bicyclic) bond motifs is 1. The molecule has 4 N–H and O–H groups in total. The van der Waals surface area contributed by atoms with Crippen LogP contribution in [0.3, 0.4) is 0 Å². The number of carbonyl (C=O) groups excluding carboxylic acids is 1. The van der Waals surface area contributed by atoms with Gasteiger partial charge in [-0.3, -0.25) is 14.3 Å². The maximum absolute atomic E-state index is 11.9. The number of anilines is 1. The summed E-state index contributed by atoms with van der Waals surface area (Å²) in [5.74, 6) is -1.41. The molecule has 0 saturated carbocycles. The molecule has 2 aromatic heterocycles. The number of carboxylic acids is 1. The lowest BCUT2D eigenvalue weighted by Gasteiger charge is -2.11. The van der Waals surface area contributed by atoms with Crippen LogP contribution in [0, 0.1) is 6.92 Å². The monoisotopic (exact) mass is 291 g/mol. The van der Waals surface area contributed by atoms with E-state index in [-0.39, 0.29) is 12.8 Å². The summed E-state index contributed by atoms with van der Waals surface area (Å²) in [5, 5.41) is 16.3. The summed E-state index contributed by atoms with van der Waals surface area (Å²) < 4.78 is 1.66. The average molecular weight is 291 g/mol. The summed E-state index contributed by atoms with van der Waals surface area (Å²) in [4.78, 5) is 26.6. The molecular formula is C13H17N5O3. The Morgan fingerprint density at radius 2 is 2.24 bits per heavy atom. The lowest BCUT2D eigenvalue weighted by Crippen LogP contribution is -2.36. The highest BCUT2D eigenvalue weighted by atomic mass is 16.4. The van der Waals surface area contributed by atoms with E-state index in [0.717, 1.165) is 16.7 Å². The lowest BCUT2D eigenvalue weighted by atomic mass is 10.1. The van der Waals surface area contributed by atoms with Gasteiger partial charge in [0.15, 0.2) is 5.65 Å². The number of hydrogen-bond acceptors (Lipinski definition) is 5. The number of carbonyl (C=O) groups is 2. The number of aryl methyl sites for hydroxylation is 2. The molecule has 0 aliphatic rings. The van der Waals surface area contributed by atoms with Crippen molar-refractivity contribution in [1.29, 1.82) is 0 Å². The molecule has 2 aromatic rings. The zero-order valence-electron chi connectivity index (χ0n) is 11.8. The standard InChI is InChI=1S/C13H17N5O3/c1-7-9-5-8(6-15-12(9)18(2)17-7)16-13(21)10(14)3-4-11(19)20/h5-6,10H,3-4,14H2,1-2H3,(H,16,21)(H,19,20). The molecular weight excluding hydrogens is 274 g/mol. The number of hydrogen-bond donors (Lipinski definition) is 3. The summed E-state index contributed by atoms with van der Waals surface area (Å²) in [6, 6.07) is 0.902. The fourth-order valence-electron chi connectivity index (χ4n) is 2.02. The minimum atomic E-state index is -0.979. The zero-order chi connectivity index (χ0) is 15.6. The summed E-state index contributed by atoms with van der Waals surface area (Å²) >= 11 is 0. The molecule has 21 heavy (non-hydrogen) atoms. The molecule has 0 aromatic carbocycles. The largest absolute Gasteiger partial charge is 0.481 e. The Balaban J connectivity index is 2.10. The van der Waals surface area contributed by atoms with Gasteiger partial charge in [-0.05, 0) is 19.4 Å². The minimum absolute atomic E-state index is 0.0861. The molecule has 0 fully saturated rings. The molecule has 1 amide bonds. The normalized spacial score (nSPS) is 12.3. The highest BCUT2D eigenvalue weighted by Crippen LogP contribution is 2.19. The number of nitrogens with zero attached hydrogens (tertiary/aromatic N) is 3. The highest BCUT2D eigenvalue weighted by Gasteiger charge is 2.16. The molecule has 2 rings (SSSR count). The summed E-state index contributed by atoms with van der Waals surface area (Å²) in [6.45, 7) is 1.86. The molecule has 0 aliphatic carbocycles. The Morgan fingerprint density at radius 1 is 1.52 bits per heavy atom. The first-order chi connectivity index (χ1) is 9.88. The van der Waals surface area contributed by atoms with Crippen molar-refractivity contribution in [1.82, 2.24) is 14.8 Å². The number of aliphatic carboxylic acids is 1. The van der Waals surface area contributed by atoms with Crippen molar-refractivity contribution < 1.29 is 14.7 Å². The minimum Gasteiger partial charge on any atom is -0.481 e.